The van der Waals surface area contributed by atoms with E-state index in [4.69, 9.17) is 4.74 Å². The number of benzene rings is 2. The first kappa shape index (κ1) is 20.4. The number of carbonyl (C=O) groups excluding carboxylic acids is 1. The molecule has 150 valence electrons. The van der Waals surface area contributed by atoms with Crippen LogP contribution in [0.1, 0.15) is 42.0 Å². The van der Waals surface area contributed by atoms with Crippen molar-refractivity contribution < 1.29 is 9.53 Å². The van der Waals surface area contributed by atoms with E-state index in [9.17, 15) is 4.79 Å². The van der Waals surface area contributed by atoms with Crippen LogP contribution in [0.3, 0.4) is 0 Å². The van der Waals surface area contributed by atoms with Crippen LogP contribution < -0.4 is 10.1 Å². The summed E-state index contributed by atoms with van der Waals surface area (Å²) in [6.45, 7) is 8.21. The highest BCUT2D eigenvalue weighted by atomic mass is 16.5. The summed E-state index contributed by atoms with van der Waals surface area (Å²) >= 11 is 0. The van der Waals surface area contributed by atoms with Gasteiger partial charge < -0.3 is 10.1 Å². The van der Waals surface area contributed by atoms with E-state index >= 15 is 0 Å². The summed E-state index contributed by atoms with van der Waals surface area (Å²) in [5, 5.41) is 3.09. The minimum atomic E-state index is 0.0347. The minimum absolute atomic E-state index is 0.0347. The molecule has 1 amide bonds. The largest absolute Gasteiger partial charge is 0.496 e. The van der Waals surface area contributed by atoms with Gasteiger partial charge in [-0.25, -0.2) is 0 Å². The second-order valence-corrected chi connectivity index (χ2v) is 7.98. The van der Waals surface area contributed by atoms with E-state index in [0.717, 1.165) is 42.4 Å². The summed E-state index contributed by atoms with van der Waals surface area (Å²) in [5.41, 5.74) is 4.56. The van der Waals surface area contributed by atoms with Crippen LogP contribution in [0.5, 0.6) is 5.75 Å². The Morgan fingerprint density at radius 2 is 1.86 bits per heavy atom. The minimum Gasteiger partial charge on any atom is -0.496 e. The summed E-state index contributed by atoms with van der Waals surface area (Å²) < 4.78 is 5.35. The van der Waals surface area contributed by atoms with Crippen molar-refractivity contribution in [1.82, 2.24) is 10.2 Å². The number of piperidine rings is 1. The van der Waals surface area contributed by atoms with Gasteiger partial charge in [-0.3, -0.25) is 9.69 Å². The van der Waals surface area contributed by atoms with Gasteiger partial charge in [0.2, 0.25) is 5.91 Å². The molecule has 0 radical (unpaired) electrons. The van der Waals surface area contributed by atoms with Gasteiger partial charge in [0.05, 0.1) is 13.5 Å². The number of methoxy groups -OCH3 is 1. The van der Waals surface area contributed by atoms with Crippen LogP contribution in [0.15, 0.2) is 42.5 Å². The molecule has 0 unspecified atom stereocenters. The van der Waals surface area contributed by atoms with E-state index in [2.05, 4.69) is 35.3 Å². The molecule has 1 aliphatic heterocycles. The van der Waals surface area contributed by atoms with Crippen molar-refractivity contribution in [3.63, 3.8) is 0 Å². The van der Waals surface area contributed by atoms with Gasteiger partial charge in [-0.2, -0.15) is 0 Å². The van der Waals surface area contributed by atoms with Crippen LogP contribution in [0, 0.1) is 12.8 Å². The van der Waals surface area contributed by atoms with Gasteiger partial charge in [-0.05, 0) is 67.1 Å². The fourth-order valence-corrected chi connectivity index (χ4v) is 3.76. The Kier molecular flexibility index (Phi) is 7.10. The number of nitrogens with one attached hydrogen (secondary N) is 1. The van der Waals surface area contributed by atoms with Gasteiger partial charge in [-0.1, -0.05) is 43.3 Å². The third-order valence-corrected chi connectivity index (χ3v) is 5.70. The van der Waals surface area contributed by atoms with Crippen molar-refractivity contribution in [3.05, 3.63) is 64.7 Å². The Labute approximate surface area is 168 Å². The van der Waals surface area contributed by atoms with Gasteiger partial charge in [0.25, 0.3) is 0 Å². The molecule has 0 aliphatic carbocycles. The predicted octanol–water partition coefficient (Wildman–Crippen LogP) is 4.09. The molecular formula is C24H32N2O2. The van der Waals surface area contributed by atoms with Crippen molar-refractivity contribution in [1.29, 1.82) is 0 Å². The van der Waals surface area contributed by atoms with Crippen LogP contribution >= 0.6 is 0 Å². The lowest BCUT2D eigenvalue weighted by molar-refractivity contribution is -0.120. The van der Waals surface area contributed by atoms with Gasteiger partial charge in [-0.15, -0.1) is 0 Å². The molecule has 4 nitrogen and oxygen atoms in total. The van der Waals surface area contributed by atoms with Crippen molar-refractivity contribution in [2.75, 3.05) is 20.2 Å². The van der Waals surface area contributed by atoms with Crippen LogP contribution in [-0.2, 0) is 24.3 Å². The maximum Gasteiger partial charge on any atom is 0.224 e. The first-order valence-electron chi connectivity index (χ1n) is 10.2. The summed E-state index contributed by atoms with van der Waals surface area (Å²) in [7, 11) is 1.66. The van der Waals surface area contributed by atoms with E-state index < -0.39 is 0 Å². The lowest BCUT2D eigenvalue weighted by Gasteiger charge is -2.30. The molecule has 3 rings (SSSR count). The number of hydrogen-bond acceptors (Lipinski definition) is 3. The molecule has 0 bridgehead atoms. The second-order valence-electron chi connectivity index (χ2n) is 7.98. The number of carbonyl (C=O) groups is 1. The highest BCUT2D eigenvalue weighted by Gasteiger charge is 2.17. The van der Waals surface area contributed by atoms with E-state index in [1.54, 1.807) is 7.11 Å². The monoisotopic (exact) mass is 380 g/mol. The third kappa shape index (κ3) is 5.59. The summed E-state index contributed by atoms with van der Waals surface area (Å²) in [6.07, 6.45) is 2.92. The van der Waals surface area contributed by atoms with Crippen molar-refractivity contribution in [3.8, 4) is 5.75 Å². The molecular weight excluding hydrogens is 348 g/mol. The van der Waals surface area contributed by atoms with E-state index in [1.807, 2.05) is 31.2 Å². The standard InChI is InChI=1S/C24H32N2O2/c1-18-10-12-26(13-11-18)17-22-7-5-4-6-21(22)16-25-24(27)15-20-9-8-19(2)23(14-20)28-3/h4-9,14,18H,10-13,15-17H2,1-3H3,(H,25,27). The van der Waals surface area contributed by atoms with Gasteiger partial charge in [0, 0.05) is 13.1 Å². The summed E-state index contributed by atoms with van der Waals surface area (Å²) in [4.78, 5) is 15.0. The zero-order chi connectivity index (χ0) is 19.9. The molecule has 28 heavy (non-hydrogen) atoms. The maximum absolute atomic E-state index is 12.4. The van der Waals surface area contributed by atoms with Gasteiger partial charge in [0.1, 0.15) is 5.75 Å². The topological polar surface area (TPSA) is 41.6 Å². The fourth-order valence-electron chi connectivity index (χ4n) is 3.76. The Bertz CT molecular complexity index is 795. The smallest absolute Gasteiger partial charge is 0.224 e. The van der Waals surface area contributed by atoms with Crippen LogP contribution in [0.4, 0.5) is 0 Å². The third-order valence-electron chi connectivity index (χ3n) is 5.70. The lowest BCUT2D eigenvalue weighted by Crippen LogP contribution is -2.33. The Hall–Kier alpha value is -2.33. The molecule has 1 N–H and O–H groups in total. The average molecular weight is 381 g/mol. The Balaban J connectivity index is 1.56. The van der Waals surface area contributed by atoms with Gasteiger partial charge in [0.15, 0.2) is 0 Å². The highest BCUT2D eigenvalue weighted by Crippen LogP contribution is 2.21. The van der Waals surface area contributed by atoms with Crippen LogP contribution in [0.25, 0.3) is 0 Å². The second kappa shape index (κ2) is 9.74. The SMILES string of the molecule is COc1cc(CC(=O)NCc2ccccc2CN2CCC(C)CC2)ccc1C. The van der Waals surface area contributed by atoms with E-state index in [-0.39, 0.29) is 5.91 Å². The molecule has 0 aromatic heterocycles. The molecule has 1 aliphatic rings. The number of nitrogens with zero attached hydrogens (tertiary/aromatic N) is 1. The Morgan fingerprint density at radius 1 is 1.14 bits per heavy atom. The molecule has 1 heterocycles. The molecule has 4 heteroatoms. The zero-order valence-electron chi connectivity index (χ0n) is 17.3. The molecule has 0 atom stereocenters. The number of ether oxygens (including phenoxy) is 1. The van der Waals surface area contributed by atoms with Crippen LogP contribution in [-0.4, -0.2) is 31.0 Å². The van der Waals surface area contributed by atoms with Crippen molar-refractivity contribution in [2.24, 2.45) is 5.92 Å². The number of rotatable bonds is 7. The zero-order valence-corrected chi connectivity index (χ0v) is 17.3. The number of likely N-dealkylation sites (tertiary alicyclic amines) is 1. The predicted molar refractivity (Wildman–Crippen MR) is 113 cm³/mol. The van der Waals surface area contributed by atoms with Crippen LogP contribution in [0.2, 0.25) is 0 Å². The first-order valence-corrected chi connectivity index (χ1v) is 10.2. The molecule has 2 aromatic rings. The Morgan fingerprint density at radius 3 is 2.57 bits per heavy atom. The number of hydrogen-bond donors (Lipinski definition) is 1. The maximum atomic E-state index is 12.4. The molecule has 0 saturated carbocycles. The molecule has 0 spiro atoms. The number of aryl methyl sites for hydroxylation is 1. The molecule has 1 fully saturated rings. The highest BCUT2D eigenvalue weighted by molar-refractivity contribution is 5.78. The lowest BCUT2D eigenvalue weighted by atomic mass is 9.98. The summed E-state index contributed by atoms with van der Waals surface area (Å²) in [5.74, 6) is 1.70. The quantitative estimate of drug-likeness (QED) is 0.786. The molecule has 2 aromatic carbocycles. The van der Waals surface area contributed by atoms with E-state index in [0.29, 0.717) is 13.0 Å². The van der Waals surface area contributed by atoms with Gasteiger partial charge >= 0.3 is 0 Å². The molecule has 1 saturated heterocycles. The number of amides is 1. The van der Waals surface area contributed by atoms with Crippen molar-refractivity contribution >= 4 is 5.91 Å². The fraction of sp³-hybridized carbons (Fsp3) is 0.458. The summed E-state index contributed by atoms with van der Waals surface area (Å²) in [6, 6.07) is 14.4. The average Bonchev–Trinajstić information content (AvgIpc) is 2.70. The first-order chi connectivity index (χ1) is 13.5. The van der Waals surface area contributed by atoms with Crippen molar-refractivity contribution in [2.45, 2.75) is 46.2 Å². The van der Waals surface area contributed by atoms with E-state index in [1.165, 1.54) is 24.0 Å². The normalized spacial score (nSPS) is 15.4.